The standard InChI is InChI=1S/C22H18B.2ClH.Ti/c1-14-11-15(2)20(16(3)12-14)21-19-9-5-4-7-17(19)13-18-8-6-10-23-22(18)21;;;/h4-9,11-13H,1-3H3;2*1H;/q-1;;;+3/p-2. The van der Waals surface area contributed by atoms with E-state index in [4.69, 9.17) is 0 Å². The maximum atomic E-state index is 3.26. The number of aryl methyl sites for hydroxylation is 3. The van der Waals surface area contributed by atoms with Gasteiger partial charge < -0.3 is 24.8 Å². The second-order valence-corrected chi connectivity index (χ2v) is 6.39. The molecule has 0 atom stereocenters. The van der Waals surface area contributed by atoms with Crippen molar-refractivity contribution in [2.24, 2.45) is 0 Å². The van der Waals surface area contributed by atoms with Gasteiger partial charge in [0.2, 0.25) is 0 Å². The van der Waals surface area contributed by atoms with Crippen molar-refractivity contribution in [2.75, 3.05) is 0 Å². The molecule has 1 heterocycles. The summed E-state index contributed by atoms with van der Waals surface area (Å²) in [4.78, 5) is 0. The van der Waals surface area contributed by atoms with Gasteiger partial charge in [-0.05, 0) is 0 Å². The van der Waals surface area contributed by atoms with Crippen molar-refractivity contribution in [3.05, 3.63) is 77.2 Å². The summed E-state index contributed by atoms with van der Waals surface area (Å²) in [6.45, 7) is 8.72. The summed E-state index contributed by atoms with van der Waals surface area (Å²) in [6, 6.07) is 19.7. The molecule has 0 aliphatic rings. The molecule has 0 amide bonds. The van der Waals surface area contributed by atoms with Crippen LogP contribution in [-0.4, -0.2) is 6.91 Å². The SMILES string of the molecule is Cc1cc(C)c(-c2c3b[c-]ccc3cc3ccccc23)c(C)c1.[Cl-].[Cl-].[Ti+3]. The van der Waals surface area contributed by atoms with E-state index in [-0.39, 0.29) is 46.5 Å². The molecule has 4 aromatic rings. The van der Waals surface area contributed by atoms with Crippen LogP contribution in [0, 0.1) is 26.7 Å². The van der Waals surface area contributed by atoms with Crippen molar-refractivity contribution in [2.45, 2.75) is 20.8 Å². The second-order valence-electron chi connectivity index (χ2n) is 6.39. The van der Waals surface area contributed by atoms with Gasteiger partial charge >= 0.3 is 159 Å². The van der Waals surface area contributed by atoms with Crippen LogP contribution < -0.4 is 24.8 Å². The van der Waals surface area contributed by atoms with Gasteiger partial charge in [-0.25, -0.2) is 0 Å². The summed E-state index contributed by atoms with van der Waals surface area (Å²) in [5.41, 5.74) is 6.69. The van der Waals surface area contributed by atoms with Crippen LogP contribution in [0.15, 0.2) is 54.6 Å². The largest absolute Gasteiger partial charge is 3.00 e. The van der Waals surface area contributed by atoms with E-state index in [0.29, 0.717) is 0 Å². The Kier molecular flexibility index (Phi) is 8.11. The van der Waals surface area contributed by atoms with E-state index in [1.54, 1.807) is 0 Å². The van der Waals surface area contributed by atoms with Crippen LogP contribution in [-0.2, 0) is 21.7 Å². The zero-order chi connectivity index (χ0) is 16.0. The minimum absolute atomic E-state index is 0. The second kappa shape index (κ2) is 9.20. The number of hydrogen-bond donors (Lipinski definition) is 0. The predicted molar refractivity (Wildman–Crippen MR) is 101 cm³/mol. The monoisotopic (exact) mass is 411 g/mol. The molecule has 4 heteroatoms. The summed E-state index contributed by atoms with van der Waals surface area (Å²) in [5, 5.41) is 5.16. The van der Waals surface area contributed by atoms with Crippen molar-refractivity contribution >= 4 is 28.4 Å². The Hall–Kier alpha value is -1.11. The molecule has 0 saturated carbocycles. The van der Waals surface area contributed by atoms with Gasteiger partial charge in [-0.15, -0.1) is 0 Å². The quantitative estimate of drug-likeness (QED) is 0.230. The normalized spacial score (nSPS) is 9.81. The van der Waals surface area contributed by atoms with Crippen LogP contribution in [0.3, 0.4) is 0 Å². The summed E-state index contributed by atoms with van der Waals surface area (Å²) in [5.74, 6) is 3.26. The molecule has 0 bridgehead atoms. The average Bonchev–Trinajstić information content (AvgIpc) is 2.53. The van der Waals surface area contributed by atoms with E-state index in [1.165, 1.54) is 49.3 Å². The molecule has 1 aromatic heterocycles. The zero-order valence-corrected chi connectivity index (χ0v) is 18.1. The average molecular weight is 412 g/mol. The molecular formula is C22H18BCl2Ti. The van der Waals surface area contributed by atoms with E-state index < -0.39 is 0 Å². The van der Waals surface area contributed by atoms with Gasteiger partial charge in [-0.3, -0.25) is 0 Å². The number of hydrogen-bond acceptors (Lipinski definition) is 0. The Balaban J connectivity index is 0.00000113. The predicted octanol–water partition coefficient (Wildman–Crippen LogP) is -0.271. The summed E-state index contributed by atoms with van der Waals surface area (Å²) in [6.07, 6.45) is 0. The van der Waals surface area contributed by atoms with Gasteiger partial charge in [0.25, 0.3) is 0 Å². The third-order valence-corrected chi connectivity index (χ3v) is 4.64. The van der Waals surface area contributed by atoms with Crippen LogP contribution in [0.1, 0.15) is 16.7 Å². The first-order chi connectivity index (χ1) is 11.1. The molecule has 4 rings (SSSR count). The maximum Gasteiger partial charge on any atom is 3.00 e. The minimum atomic E-state index is 0. The molecule has 127 valence electrons. The Morgan fingerprint density at radius 3 is 2.12 bits per heavy atom. The molecular weight excluding hydrogens is 394 g/mol. The fraction of sp³-hybridized carbons (Fsp3) is 0.136. The molecule has 0 aliphatic heterocycles. The van der Waals surface area contributed by atoms with E-state index >= 15 is 0 Å². The number of halogens is 2. The van der Waals surface area contributed by atoms with Gasteiger partial charge in [0, 0.05) is 0 Å². The van der Waals surface area contributed by atoms with Crippen LogP contribution in [0.4, 0.5) is 0 Å². The van der Waals surface area contributed by atoms with Crippen LogP contribution in [0.5, 0.6) is 0 Å². The van der Waals surface area contributed by atoms with Crippen LogP contribution in [0.2, 0.25) is 0 Å². The fourth-order valence-electron chi connectivity index (χ4n) is 3.79. The molecule has 0 spiro atoms. The fourth-order valence-corrected chi connectivity index (χ4v) is 3.79. The van der Waals surface area contributed by atoms with Crippen molar-refractivity contribution in [1.82, 2.24) is 0 Å². The molecule has 0 fully saturated rings. The Morgan fingerprint density at radius 2 is 1.42 bits per heavy atom. The summed E-state index contributed by atoms with van der Waals surface area (Å²) < 4.78 is 0. The van der Waals surface area contributed by atoms with E-state index in [0.717, 1.165) is 0 Å². The van der Waals surface area contributed by atoms with Crippen molar-refractivity contribution in [1.29, 1.82) is 0 Å². The number of fused-ring (bicyclic) bond motifs is 2. The first-order valence-electron chi connectivity index (χ1n) is 8.05. The molecule has 26 heavy (non-hydrogen) atoms. The van der Waals surface area contributed by atoms with Gasteiger partial charge in [-0.2, -0.15) is 0 Å². The summed E-state index contributed by atoms with van der Waals surface area (Å²) >= 11 is 0. The van der Waals surface area contributed by atoms with Crippen molar-refractivity contribution in [3.63, 3.8) is 0 Å². The Labute approximate surface area is 183 Å². The topological polar surface area (TPSA) is 0 Å². The third-order valence-electron chi connectivity index (χ3n) is 4.64. The molecule has 0 saturated heterocycles. The molecule has 0 nitrogen and oxygen atoms in total. The molecule has 0 aliphatic carbocycles. The van der Waals surface area contributed by atoms with Gasteiger partial charge in [0.15, 0.2) is 0 Å². The van der Waals surface area contributed by atoms with Gasteiger partial charge in [0.05, 0.1) is 0 Å². The summed E-state index contributed by atoms with van der Waals surface area (Å²) in [7, 11) is 0. The smallest absolute Gasteiger partial charge is 1.00 e. The van der Waals surface area contributed by atoms with Crippen LogP contribution >= 0.6 is 0 Å². The van der Waals surface area contributed by atoms with E-state index in [1.807, 2.05) is 6.07 Å². The Bertz CT molecular complexity index is 983. The third kappa shape index (κ3) is 3.92. The van der Waals surface area contributed by atoms with Crippen molar-refractivity contribution < 1.29 is 46.5 Å². The molecule has 0 unspecified atom stereocenters. The van der Waals surface area contributed by atoms with Crippen LogP contribution in [0.25, 0.3) is 32.6 Å². The molecule has 1 radical (unpaired) electrons. The number of benzene rings is 3. The first kappa shape index (κ1) is 22.9. The molecule has 3 aromatic carbocycles. The van der Waals surface area contributed by atoms with Gasteiger partial charge in [-0.1, -0.05) is 0 Å². The van der Waals surface area contributed by atoms with E-state index in [9.17, 15) is 0 Å². The van der Waals surface area contributed by atoms with Crippen molar-refractivity contribution in [3.8, 4) is 11.1 Å². The maximum absolute atomic E-state index is 3.26. The number of rotatable bonds is 1. The zero-order valence-electron chi connectivity index (χ0n) is 15.0. The van der Waals surface area contributed by atoms with Gasteiger partial charge in [0.1, 0.15) is 0 Å². The van der Waals surface area contributed by atoms with E-state index in [2.05, 4.69) is 82.2 Å². The molecule has 0 N–H and O–H groups in total. The first-order valence-corrected chi connectivity index (χ1v) is 8.05. The minimum Gasteiger partial charge on any atom is -1.00 e. The Morgan fingerprint density at radius 1 is 0.769 bits per heavy atom.